The van der Waals surface area contributed by atoms with Crippen molar-refractivity contribution in [2.75, 3.05) is 13.2 Å². The van der Waals surface area contributed by atoms with Crippen LogP contribution in [-0.4, -0.2) is 24.3 Å². The minimum Gasteiger partial charge on any atom is -0.481 e. The predicted octanol–water partition coefficient (Wildman–Crippen LogP) is 4.01. The van der Waals surface area contributed by atoms with Gasteiger partial charge in [-0.2, -0.15) is 0 Å². The lowest BCUT2D eigenvalue weighted by Gasteiger charge is -2.03. The summed E-state index contributed by atoms with van der Waals surface area (Å²) in [5.41, 5.74) is 0. The Bertz CT molecular complexity index is 169. The highest BCUT2D eigenvalue weighted by atomic mass is 16.5. The minimum absolute atomic E-state index is 0.122. The van der Waals surface area contributed by atoms with Gasteiger partial charge in [0.2, 0.25) is 0 Å². The lowest BCUT2D eigenvalue weighted by Crippen LogP contribution is -2.03. The van der Waals surface area contributed by atoms with Gasteiger partial charge in [-0.15, -0.1) is 0 Å². The van der Waals surface area contributed by atoms with E-state index in [0.29, 0.717) is 13.2 Å². The fraction of sp³-hybridized carbons (Fsp3) is 0.929. The molecule has 0 bridgehead atoms. The van der Waals surface area contributed by atoms with Crippen LogP contribution in [0.2, 0.25) is 0 Å². The van der Waals surface area contributed by atoms with E-state index in [1.165, 1.54) is 51.4 Å². The number of carboxylic acid groups (broad SMARTS) is 1. The first-order valence-electron chi connectivity index (χ1n) is 7.07. The summed E-state index contributed by atoms with van der Waals surface area (Å²) in [6.45, 7) is 3.31. The zero-order chi connectivity index (χ0) is 12.8. The number of unbranched alkanes of at least 4 members (excludes halogenated alkanes) is 8. The van der Waals surface area contributed by atoms with Gasteiger partial charge in [0.05, 0.1) is 13.0 Å². The Balaban J connectivity index is 2.91. The molecule has 102 valence electrons. The number of aliphatic carboxylic acids is 1. The highest BCUT2D eigenvalue weighted by Crippen LogP contribution is 2.09. The highest BCUT2D eigenvalue weighted by Gasteiger charge is 1.96. The lowest BCUT2D eigenvalue weighted by atomic mass is 10.1. The zero-order valence-electron chi connectivity index (χ0n) is 11.2. The van der Waals surface area contributed by atoms with E-state index in [1.807, 2.05) is 0 Å². The number of rotatable bonds is 13. The lowest BCUT2D eigenvalue weighted by molar-refractivity contribution is -0.138. The van der Waals surface area contributed by atoms with Crippen LogP contribution in [0.4, 0.5) is 0 Å². The van der Waals surface area contributed by atoms with Crippen LogP contribution in [0.3, 0.4) is 0 Å². The van der Waals surface area contributed by atoms with Crippen molar-refractivity contribution in [3.05, 3.63) is 0 Å². The third-order valence-corrected chi connectivity index (χ3v) is 2.85. The molecule has 0 aromatic rings. The Morgan fingerprint density at radius 1 is 0.882 bits per heavy atom. The largest absolute Gasteiger partial charge is 0.481 e. The van der Waals surface area contributed by atoms with Crippen molar-refractivity contribution in [1.82, 2.24) is 0 Å². The smallest absolute Gasteiger partial charge is 0.305 e. The number of ether oxygens (including phenoxy) is 1. The second kappa shape index (κ2) is 13.5. The second-order valence-electron chi connectivity index (χ2n) is 4.58. The number of hydrogen-bond acceptors (Lipinski definition) is 2. The Morgan fingerprint density at radius 3 is 1.94 bits per heavy atom. The quantitative estimate of drug-likeness (QED) is 0.498. The first kappa shape index (κ1) is 16.4. The molecule has 3 heteroatoms. The molecule has 0 rings (SSSR count). The molecular weight excluding hydrogens is 216 g/mol. The monoisotopic (exact) mass is 244 g/mol. The Labute approximate surface area is 106 Å². The third-order valence-electron chi connectivity index (χ3n) is 2.85. The molecule has 1 N–H and O–H groups in total. The first-order chi connectivity index (χ1) is 8.27. The molecule has 0 atom stereocenters. The van der Waals surface area contributed by atoms with Gasteiger partial charge in [0.15, 0.2) is 0 Å². The van der Waals surface area contributed by atoms with Crippen LogP contribution in [0.1, 0.15) is 71.1 Å². The van der Waals surface area contributed by atoms with Crippen LogP contribution in [0.15, 0.2) is 0 Å². The summed E-state index contributed by atoms with van der Waals surface area (Å²) in [7, 11) is 0. The van der Waals surface area contributed by atoms with Crippen LogP contribution >= 0.6 is 0 Å². The normalized spacial score (nSPS) is 10.6. The molecule has 0 unspecified atom stereocenters. The molecule has 0 aliphatic rings. The van der Waals surface area contributed by atoms with Crippen LogP contribution in [-0.2, 0) is 9.53 Å². The minimum atomic E-state index is -0.780. The zero-order valence-corrected chi connectivity index (χ0v) is 11.2. The van der Waals surface area contributed by atoms with E-state index in [9.17, 15) is 4.79 Å². The molecule has 0 saturated carbocycles. The molecule has 0 aliphatic heterocycles. The molecular formula is C14H28O3. The molecule has 0 amide bonds. The SMILES string of the molecule is CCCCCCCCCCCOCCC(=O)O. The fourth-order valence-corrected chi connectivity index (χ4v) is 1.78. The summed E-state index contributed by atoms with van der Waals surface area (Å²) in [5.74, 6) is -0.780. The van der Waals surface area contributed by atoms with Crippen molar-refractivity contribution in [2.24, 2.45) is 0 Å². The van der Waals surface area contributed by atoms with Crippen molar-refractivity contribution in [3.8, 4) is 0 Å². The summed E-state index contributed by atoms with van der Waals surface area (Å²) < 4.78 is 5.22. The maximum atomic E-state index is 10.2. The Hall–Kier alpha value is -0.570. The summed E-state index contributed by atoms with van der Waals surface area (Å²) in [5, 5.41) is 8.39. The third kappa shape index (κ3) is 15.4. The molecule has 0 fully saturated rings. The molecule has 0 saturated heterocycles. The second-order valence-corrected chi connectivity index (χ2v) is 4.58. The van der Waals surface area contributed by atoms with Crippen molar-refractivity contribution in [1.29, 1.82) is 0 Å². The molecule has 0 aromatic heterocycles. The number of hydrogen-bond donors (Lipinski definition) is 1. The molecule has 0 radical (unpaired) electrons. The van der Waals surface area contributed by atoms with Crippen molar-refractivity contribution < 1.29 is 14.6 Å². The molecule has 0 aliphatic carbocycles. The van der Waals surface area contributed by atoms with Gasteiger partial charge in [-0.05, 0) is 6.42 Å². The number of carboxylic acids is 1. The summed E-state index contributed by atoms with van der Waals surface area (Å²) in [4.78, 5) is 10.2. The van der Waals surface area contributed by atoms with Gasteiger partial charge >= 0.3 is 5.97 Å². The van der Waals surface area contributed by atoms with Crippen LogP contribution in [0, 0.1) is 0 Å². The Morgan fingerprint density at radius 2 is 1.41 bits per heavy atom. The predicted molar refractivity (Wildman–Crippen MR) is 70.3 cm³/mol. The van der Waals surface area contributed by atoms with Crippen LogP contribution in [0.5, 0.6) is 0 Å². The molecule has 17 heavy (non-hydrogen) atoms. The molecule has 0 heterocycles. The Kier molecular flexibility index (Phi) is 13.0. The van der Waals surface area contributed by atoms with Gasteiger partial charge in [0, 0.05) is 6.61 Å². The van der Waals surface area contributed by atoms with Gasteiger partial charge in [0.1, 0.15) is 0 Å². The van der Waals surface area contributed by atoms with Crippen molar-refractivity contribution in [2.45, 2.75) is 71.1 Å². The van der Waals surface area contributed by atoms with E-state index in [-0.39, 0.29) is 6.42 Å². The van der Waals surface area contributed by atoms with E-state index < -0.39 is 5.97 Å². The van der Waals surface area contributed by atoms with E-state index in [2.05, 4.69) is 6.92 Å². The summed E-state index contributed by atoms with van der Waals surface area (Å²) >= 11 is 0. The summed E-state index contributed by atoms with van der Waals surface area (Å²) in [6.07, 6.45) is 11.8. The van der Waals surface area contributed by atoms with E-state index in [4.69, 9.17) is 9.84 Å². The van der Waals surface area contributed by atoms with Gasteiger partial charge in [-0.25, -0.2) is 0 Å². The van der Waals surface area contributed by atoms with Gasteiger partial charge in [-0.3, -0.25) is 4.79 Å². The van der Waals surface area contributed by atoms with Gasteiger partial charge < -0.3 is 9.84 Å². The average Bonchev–Trinajstić information content (AvgIpc) is 2.30. The number of carbonyl (C=O) groups is 1. The molecule has 0 spiro atoms. The maximum Gasteiger partial charge on any atom is 0.305 e. The standard InChI is InChI=1S/C14H28O3/c1-2-3-4-5-6-7-8-9-10-12-17-13-11-14(15)16/h2-13H2,1H3,(H,15,16). The first-order valence-corrected chi connectivity index (χ1v) is 7.07. The highest BCUT2D eigenvalue weighted by molar-refractivity contribution is 5.66. The van der Waals surface area contributed by atoms with Gasteiger partial charge in [0.25, 0.3) is 0 Å². The summed E-state index contributed by atoms with van der Waals surface area (Å²) in [6, 6.07) is 0. The van der Waals surface area contributed by atoms with Crippen molar-refractivity contribution in [3.63, 3.8) is 0 Å². The fourth-order valence-electron chi connectivity index (χ4n) is 1.78. The maximum absolute atomic E-state index is 10.2. The van der Waals surface area contributed by atoms with Crippen molar-refractivity contribution >= 4 is 5.97 Å². The van der Waals surface area contributed by atoms with Crippen LogP contribution in [0.25, 0.3) is 0 Å². The van der Waals surface area contributed by atoms with E-state index in [1.54, 1.807) is 0 Å². The van der Waals surface area contributed by atoms with E-state index in [0.717, 1.165) is 6.42 Å². The molecule has 0 aromatic carbocycles. The topological polar surface area (TPSA) is 46.5 Å². The van der Waals surface area contributed by atoms with E-state index >= 15 is 0 Å². The molecule has 3 nitrogen and oxygen atoms in total. The average molecular weight is 244 g/mol. The van der Waals surface area contributed by atoms with Crippen LogP contribution < -0.4 is 0 Å². The van der Waals surface area contributed by atoms with Gasteiger partial charge in [-0.1, -0.05) is 58.3 Å².